The van der Waals surface area contributed by atoms with E-state index in [-0.39, 0.29) is 19.5 Å². The average molecular weight is 484 g/mol. The Balaban J connectivity index is 1.95. The van der Waals surface area contributed by atoms with Gasteiger partial charge in [-0.2, -0.15) is 0 Å². The van der Waals surface area contributed by atoms with Gasteiger partial charge in [0.05, 0.1) is 26.4 Å². The second-order valence-electron chi connectivity index (χ2n) is 6.36. The predicted octanol–water partition coefficient (Wildman–Crippen LogP) is 3.11. The Morgan fingerprint density at radius 3 is 2.34 bits per heavy atom. The minimum absolute atomic E-state index is 0.0551. The van der Waals surface area contributed by atoms with Crippen molar-refractivity contribution < 1.29 is 33.2 Å². The highest BCUT2D eigenvalue weighted by atomic mass is 32.2. The molecule has 1 aliphatic heterocycles. The van der Waals surface area contributed by atoms with Gasteiger partial charge in [-0.05, 0) is 17.7 Å². The lowest BCUT2D eigenvalue weighted by molar-refractivity contribution is -0.121. The van der Waals surface area contributed by atoms with Crippen molar-refractivity contribution in [1.82, 2.24) is 4.90 Å². The number of carbonyl (C=O) groups is 1. The van der Waals surface area contributed by atoms with Crippen LogP contribution in [0, 0.1) is 0 Å². The highest BCUT2D eigenvalue weighted by Gasteiger charge is 2.21. The van der Waals surface area contributed by atoms with E-state index in [9.17, 15) is 4.79 Å². The highest BCUT2D eigenvalue weighted by Crippen LogP contribution is 2.29. The summed E-state index contributed by atoms with van der Waals surface area (Å²) in [6.45, 7) is 2.60. The first-order chi connectivity index (χ1) is 15.7. The van der Waals surface area contributed by atoms with Gasteiger partial charge in [0, 0.05) is 32.6 Å². The van der Waals surface area contributed by atoms with E-state index >= 15 is 0 Å². The number of ether oxygens (including phenoxy) is 6. The fourth-order valence-electron chi connectivity index (χ4n) is 2.46. The summed E-state index contributed by atoms with van der Waals surface area (Å²) in [4.78, 5) is 13.7. The van der Waals surface area contributed by atoms with Crippen LogP contribution in [0.3, 0.4) is 0 Å². The van der Waals surface area contributed by atoms with E-state index < -0.39 is 0 Å². The molecule has 0 bridgehead atoms. The molecule has 1 aliphatic rings. The number of hydrogen-bond acceptors (Lipinski definition) is 9. The van der Waals surface area contributed by atoms with E-state index in [1.54, 1.807) is 37.3 Å². The third kappa shape index (κ3) is 9.68. The van der Waals surface area contributed by atoms with Crippen molar-refractivity contribution in [2.75, 3.05) is 66.5 Å². The number of nitrogens with zero attached hydrogens (tertiary/aromatic N) is 1. The molecule has 0 aromatic heterocycles. The molecule has 8 nitrogen and oxygen atoms in total. The summed E-state index contributed by atoms with van der Waals surface area (Å²) in [6.07, 6.45) is 6.84. The van der Waals surface area contributed by atoms with Gasteiger partial charge in [-0.3, -0.25) is 9.69 Å². The minimum atomic E-state index is -0.112. The quantitative estimate of drug-likeness (QED) is 0.123. The van der Waals surface area contributed by atoms with Crippen LogP contribution in [0.25, 0.3) is 6.08 Å². The average Bonchev–Trinajstić information content (AvgIpc) is 3.23. The summed E-state index contributed by atoms with van der Waals surface area (Å²) >= 11 is 6.68. The third-order valence-corrected chi connectivity index (χ3v) is 5.52. The largest absolute Gasteiger partial charge is 0.464 e. The molecule has 1 aromatic rings. The summed E-state index contributed by atoms with van der Waals surface area (Å²) in [6, 6.07) is 5.49. The van der Waals surface area contributed by atoms with Crippen molar-refractivity contribution in [2.24, 2.45) is 0 Å². The first-order valence-electron chi connectivity index (χ1n) is 10.0. The lowest BCUT2D eigenvalue weighted by Gasteiger charge is -2.14. The number of allylic oxidation sites excluding steroid dienone is 2. The number of methoxy groups -OCH3 is 2. The van der Waals surface area contributed by atoms with Gasteiger partial charge in [0.2, 0.25) is 0 Å². The molecule has 0 aliphatic carbocycles. The van der Waals surface area contributed by atoms with Gasteiger partial charge >= 0.3 is 0 Å². The van der Waals surface area contributed by atoms with Crippen LogP contribution >= 0.6 is 24.0 Å². The molecule has 0 saturated carbocycles. The summed E-state index contributed by atoms with van der Waals surface area (Å²) < 4.78 is 32.6. The Kier molecular flexibility index (Phi) is 13.0. The Bertz CT molecular complexity index is 786. The van der Waals surface area contributed by atoms with Gasteiger partial charge in [-0.25, -0.2) is 0 Å². The Hall–Kier alpha value is -1.95. The normalized spacial score (nSPS) is 14.1. The zero-order chi connectivity index (χ0) is 23.0. The zero-order valence-electron chi connectivity index (χ0n) is 18.3. The number of rotatable bonds is 15. The van der Waals surface area contributed by atoms with Crippen LogP contribution in [0.4, 0.5) is 0 Å². The van der Waals surface area contributed by atoms with E-state index in [4.69, 9.17) is 40.6 Å². The topological polar surface area (TPSA) is 75.7 Å². The van der Waals surface area contributed by atoms with Gasteiger partial charge < -0.3 is 28.4 Å². The standard InChI is InChI=1S/C22H29NO7S2/c1-25-10-12-27-16-29-19-8-7-18(15-20(19)30-17-28-13-11-26-2)5-3-4-6-21(24)23-9-14-32-22(23)31/h3-8,15H,9-14,16-17H2,1-2H3. The van der Waals surface area contributed by atoms with Gasteiger partial charge in [-0.1, -0.05) is 48.3 Å². The molecule has 0 spiro atoms. The van der Waals surface area contributed by atoms with E-state index in [1.807, 2.05) is 18.2 Å². The van der Waals surface area contributed by atoms with Crippen molar-refractivity contribution in [3.63, 3.8) is 0 Å². The SMILES string of the molecule is COCCOCOc1ccc(C=CC=CC(=O)N2CCSC2=S)cc1OCOCCOC. The van der Waals surface area contributed by atoms with Crippen molar-refractivity contribution in [3.8, 4) is 11.5 Å². The molecule has 1 heterocycles. The second kappa shape index (κ2) is 15.8. The first-order valence-corrected chi connectivity index (χ1v) is 11.4. The summed E-state index contributed by atoms with van der Waals surface area (Å²) in [7, 11) is 3.22. The lowest BCUT2D eigenvalue weighted by Crippen LogP contribution is -2.28. The van der Waals surface area contributed by atoms with Crippen molar-refractivity contribution in [2.45, 2.75) is 0 Å². The molecule has 1 amide bonds. The summed E-state index contributed by atoms with van der Waals surface area (Å²) in [5.74, 6) is 1.78. The summed E-state index contributed by atoms with van der Waals surface area (Å²) in [5.41, 5.74) is 0.869. The zero-order valence-corrected chi connectivity index (χ0v) is 20.0. The summed E-state index contributed by atoms with van der Waals surface area (Å²) in [5, 5.41) is 0. The van der Waals surface area contributed by atoms with Gasteiger partial charge in [0.25, 0.3) is 5.91 Å². The Labute approximate surface area is 198 Å². The fourth-order valence-corrected chi connectivity index (χ4v) is 3.68. The molecule has 1 fully saturated rings. The first kappa shape index (κ1) is 26.3. The lowest BCUT2D eigenvalue weighted by atomic mass is 10.2. The fraction of sp³-hybridized carbons (Fsp3) is 0.455. The number of hydrogen-bond donors (Lipinski definition) is 0. The van der Waals surface area contributed by atoms with Crippen molar-refractivity contribution in [3.05, 3.63) is 42.0 Å². The van der Waals surface area contributed by atoms with E-state index in [1.165, 1.54) is 17.8 Å². The van der Waals surface area contributed by atoms with Crippen molar-refractivity contribution >= 4 is 40.3 Å². The molecule has 10 heteroatoms. The third-order valence-electron chi connectivity index (χ3n) is 4.09. The number of benzene rings is 1. The maximum absolute atomic E-state index is 12.2. The molecule has 0 unspecified atom stereocenters. The number of thioether (sulfide) groups is 1. The molecule has 2 rings (SSSR count). The number of thiocarbonyl (C=S) groups is 1. The maximum atomic E-state index is 12.2. The number of carbonyl (C=O) groups excluding carboxylic acids is 1. The molecule has 1 aromatic carbocycles. The van der Waals surface area contributed by atoms with Gasteiger partial charge in [0.15, 0.2) is 25.1 Å². The van der Waals surface area contributed by atoms with Crippen LogP contribution in [-0.4, -0.2) is 81.7 Å². The Morgan fingerprint density at radius 1 is 1.03 bits per heavy atom. The Morgan fingerprint density at radius 2 is 1.72 bits per heavy atom. The maximum Gasteiger partial charge on any atom is 0.252 e. The van der Waals surface area contributed by atoms with E-state index in [2.05, 4.69) is 0 Å². The molecule has 32 heavy (non-hydrogen) atoms. The second-order valence-corrected chi connectivity index (χ2v) is 8.08. The van der Waals surface area contributed by atoms with Crippen LogP contribution in [0.1, 0.15) is 5.56 Å². The molecule has 1 saturated heterocycles. The van der Waals surface area contributed by atoms with Gasteiger partial charge in [0.1, 0.15) is 4.32 Å². The van der Waals surface area contributed by atoms with Crippen LogP contribution in [0.15, 0.2) is 36.4 Å². The smallest absolute Gasteiger partial charge is 0.252 e. The predicted molar refractivity (Wildman–Crippen MR) is 128 cm³/mol. The van der Waals surface area contributed by atoms with E-state index in [0.29, 0.717) is 48.8 Å². The molecular weight excluding hydrogens is 454 g/mol. The van der Waals surface area contributed by atoms with Crippen LogP contribution in [0.5, 0.6) is 11.5 Å². The monoisotopic (exact) mass is 483 g/mol. The van der Waals surface area contributed by atoms with Crippen LogP contribution in [-0.2, 0) is 23.7 Å². The van der Waals surface area contributed by atoms with E-state index in [0.717, 1.165) is 11.3 Å². The highest BCUT2D eigenvalue weighted by molar-refractivity contribution is 8.23. The minimum Gasteiger partial charge on any atom is -0.464 e. The number of amides is 1. The van der Waals surface area contributed by atoms with Crippen LogP contribution < -0.4 is 9.47 Å². The van der Waals surface area contributed by atoms with Crippen molar-refractivity contribution in [1.29, 1.82) is 0 Å². The van der Waals surface area contributed by atoms with Crippen LogP contribution in [0.2, 0.25) is 0 Å². The molecule has 0 atom stereocenters. The molecule has 176 valence electrons. The molecule has 0 N–H and O–H groups in total. The molecule has 0 radical (unpaired) electrons. The molecular formula is C22H29NO7S2. The van der Waals surface area contributed by atoms with Gasteiger partial charge in [-0.15, -0.1) is 0 Å².